The largest absolute Gasteiger partial charge is 0.453 e. The zero-order valence-electron chi connectivity index (χ0n) is 16.5. The van der Waals surface area contributed by atoms with Gasteiger partial charge < -0.3 is 9.64 Å². The SMILES string of the molecule is CN1C(=O)[C@]2(OC(c3ccccc3)=N[C@@]2(C)Cc2ccccc2)c2ccccc21. The van der Waals surface area contributed by atoms with Gasteiger partial charge in [-0.1, -0.05) is 66.7 Å². The molecule has 1 amide bonds. The number of para-hydroxylation sites is 1. The molecule has 0 unspecified atom stereocenters. The standard InChI is InChI=1S/C25H22N2O2/c1-24(17-18-11-5-3-6-12-18)25(29-22(26-24)19-13-7-4-8-14-19)20-15-9-10-16-21(20)27(2)23(25)28/h3-16H,17H2,1-2H3/t24-,25+/m0/s1. The summed E-state index contributed by atoms with van der Waals surface area (Å²) in [6.07, 6.45) is 0.595. The molecule has 2 atom stereocenters. The Morgan fingerprint density at radius 3 is 2.24 bits per heavy atom. The Hall–Kier alpha value is -3.40. The Morgan fingerprint density at radius 1 is 0.897 bits per heavy atom. The monoisotopic (exact) mass is 382 g/mol. The molecule has 1 spiro atoms. The quantitative estimate of drug-likeness (QED) is 0.676. The van der Waals surface area contributed by atoms with Gasteiger partial charge >= 0.3 is 0 Å². The molecule has 29 heavy (non-hydrogen) atoms. The number of carbonyl (C=O) groups is 1. The number of rotatable bonds is 3. The van der Waals surface area contributed by atoms with Crippen molar-refractivity contribution in [2.24, 2.45) is 4.99 Å². The second-order valence-corrected chi connectivity index (χ2v) is 7.88. The first-order valence-electron chi connectivity index (χ1n) is 9.81. The Labute approximate surface area is 170 Å². The van der Waals surface area contributed by atoms with Crippen LogP contribution in [0, 0.1) is 0 Å². The number of aliphatic imine (C=N–C) groups is 1. The van der Waals surface area contributed by atoms with Crippen LogP contribution in [0.4, 0.5) is 5.69 Å². The Morgan fingerprint density at radius 2 is 1.52 bits per heavy atom. The van der Waals surface area contributed by atoms with Gasteiger partial charge in [-0.05, 0) is 30.7 Å². The second-order valence-electron chi connectivity index (χ2n) is 7.88. The Kier molecular flexibility index (Phi) is 3.85. The van der Waals surface area contributed by atoms with Gasteiger partial charge in [-0.2, -0.15) is 0 Å². The zero-order valence-corrected chi connectivity index (χ0v) is 16.5. The van der Waals surface area contributed by atoms with Crippen molar-refractivity contribution in [3.8, 4) is 0 Å². The molecule has 5 rings (SSSR count). The molecule has 2 aliphatic rings. The lowest BCUT2D eigenvalue weighted by Crippen LogP contribution is -2.54. The van der Waals surface area contributed by atoms with Crippen LogP contribution in [0.5, 0.6) is 0 Å². The lowest BCUT2D eigenvalue weighted by Gasteiger charge is -2.36. The molecule has 2 aliphatic heterocycles. The Bertz CT molecular complexity index is 1110. The third-order valence-corrected chi connectivity index (χ3v) is 6.02. The van der Waals surface area contributed by atoms with E-state index in [1.54, 1.807) is 4.90 Å². The Balaban J connectivity index is 1.71. The molecule has 4 nitrogen and oxygen atoms in total. The number of nitrogens with zero attached hydrogens (tertiary/aromatic N) is 2. The number of likely N-dealkylation sites (N-methyl/N-ethyl adjacent to an activating group) is 1. The summed E-state index contributed by atoms with van der Waals surface area (Å²) in [5.74, 6) is 0.439. The van der Waals surface area contributed by atoms with Crippen molar-refractivity contribution in [1.29, 1.82) is 0 Å². The molecule has 144 valence electrons. The molecule has 0 aromatic heterocycles. The zero-order chi connectivity index (χ0) is 20.1. The predicted molar refractivity (Wildman–Crippen MR) is 114 cm³/mol. The number of hydrogen-bond donors (Lipinski definition) is 0. The number of amides is 1. The first-order valence-corrected chi connectivity index (χ1v) is 9.81. The molecule has 0 saturated carbocycles. The van der Waals surface area contributed by atoms with E-state index in [4.69, 9.17) is 9.73 Å². The lowest BCUT2D eigenvalue weighted by atomic mass is 9.74. The van der Waals surface area contributed by atoms with Gasteiger partial charge in [0.05, 0.1) is 5.69 Å². The minimum atomic E-state index is -1.18. The molecule has 3 aromatic carbocycles. The van der Waals surface area contributed by atoms with Crippen LogP contribution in [0.15, 0.2) is 89.9 Å². The first kappa shape index (κ1) is 17.7. The number of hydrogen-bond acceptors (Lipinski definition) is 3. The van der Waals surface area contributed by atoms with Crippen LogP contribution in [0.25, 0.3) is 0 Å². The van der Waals surface area contributed by atoms with E-state index in [0.717, 1.165) is 22.4 Å². The van der Waals surface area contributed by atoms with Crippen molar-refractivity contribution in [3.63, 3.8) is 0 Å². The van der Waals surface area contributed by atoms with Crippen LogP contribution in [0.1, 0.15) is 23.6 Å². The molecule has 0 fully saturated rings. The van der Waals surface area contributed by atoms with Crippen molar-refractivity contribution in [1.82, 2.24) is 0 Å². The molecule has 4 heteroatoms. The van der Waals surface area contributed by atoms with Crippen molar-refractivity contribution >= 4 is 17.5 Å². The summed E-state index contributed by atoms with van der Waals surface area (Å²) in [7, 11) is 1.81. The molecule has 0 saturated heterocycles. The predicted octanol–water partition coefficient (Wildman–Crippen LogP) is 4.34. The van der Waals surface area contributed by atoms with Crippen molar-refractivity contribution in [2.45, 2.75) is 24.5 Å². The summed E-state index contributed by atoms with van der Waals surface area (Å²) < 4.78 is 6.55. The van der Waals surface area contributed by atoms with Crippen LogP contribution in [0.3, 0.4) is 0 Å². The van der Waals surface area contributed by atoms with Gasteiger partial charge in [0.1, 0.15) is 5.54 Å². The summed E-state index contributed by atoms with van der Waals surface area (Å²) in [4.78, 5) is 20.4. The van der Waals surface area contributed by atoms with Crippen LogP contribution in [0.2, 0.25) is 0 Å². The van der Waals surface area contributed by atoms with Crippen LogP contribution >= 0.6 is 0 Å². The molecular formula is C25H22N2O2. The van der Waals surface area contributed by atoms with E-state index in [2.05, 4.69) is 12.1 Å². The third kappa shape index (κ3) is 2.45. The van der Waals surface area contributed by atoms with Gasteiger partial charge in [0.2, 0.25) is 11.5 Å². The van der Waals surface area contributed by atoms with E-state index in [1.165, 1.54) is 0 Å². The molecule has 0 radical (unpaired) electrons. The van der Waals surface area contributed by atoms with E-state index in [0.29, 0.717) is 12.3 Å². The smallest absolute Gasteiger partial charge is 0.278 e. The molecule has 2 heterocycles. The van der Waals surface area contributed by atoms with E-state index < -0.39 is 11.1 Å². The van der Waals surface area contributed by atoms with Gasteiger partial charge in [0, 0.05) is 24.6 Å². The number of ether oxygens (including phenoxy) is 1. The molecule has 3 aromatic rings. The van der Waals surface area contributed by atoms with Gasteiger partial charge in [-0.25, -0.2) is 4.99 Å². The lowest BCUT2D eigenvalue weighted by molar-refractivity contribution is -0.137. The van der Waals surface area contributed by atoms with Crippen LogP contribution < -0.4 is 4.90 Å². The van der Waals surface area contributed by atoms with Gasteiger partial charge in [-0.15, -0.1) is 0 Å². The molecule has 0 aliphatic carbocycles. The maximum absolute atomic E-state index is 13.7. The first-order chi connectivity index (χ1) is 14.1. The summed E-state index contributed by atoms with van der Waals surface area (Å²) >= 11 is 0. The topological polar surface area (TPSA) is 41.9 Å². The van der Waals surface area contributed by atoms with Crippen molar-refractivity contribution in [3.05, 3.63) is 102 Å². The van der Waals surface area contributed by atoms with Crippen molar-refractivity contribution < 1.29 is 9.53 Å². The summed E-state index contributed by atoms with van der Waals surface area (Å²) in [5, 5.41) is 0. The summed E-state index contributed by atoms with van der Waals surface area (Å²) in [5.41, 5.74) is 1.79. The van der Waals surface area contributed by atoms with Gasteiger partial charge in [0.25, 0.3) is 5.91 Å². The van der Waals surface area contributed by atoms with E-state index in [9.17, 15) is 4.79 Å². The number of fused-ring (bicyclic) bond motifs is 2. The fourth-order valence-corrected chi connectivity index (χ4v) is 4.59. The minimum Gasteiger partial charge on any atom is -0.453 e. The molecule has 0 bridgehead atoms. The maximum atomic E-state index is 13.7. The molecular weight excluding hydrogens is 360 g/mol. The van der Waals surface area contributed by atoms with E-state index in [1.807, 2.05) is 86.8 Å². The minimum absolute atomic E-state index is 0.0770. The highest BCUT2D eigenvalue weighted by atomic mass is 16.5. The van der Waals surface area contributed by atoms with Gasteiger partial charge in [-0.3, -0.25) is 4.79 Å². The van der Waals surface area contributed by atoms with Crippen LogP contribution in [-0.4, -0.2) is 24.4 Å². The second kappa shape index (κ2) is 6.31. The maximum Gasteiger partial charge on any atom is 0.278 e. The van der Waals surface area contributed by atoms with E-state index >= 15 is 0 Å². The summed E-state index contributed by atoms with van der Waals surface area (Å²) in [6, 6.07) is 27.8. The highest BCUT2D eigenvalue weighted by Gasteiger charge is 2.66. The third-order valence-electron chi connectivity index (χ3n) is 6.02. The van der Waals surface area contributed by atoms with Crippen molar-refractivity contribution in [2.75, 3.05) is 11.9 Å². The van der Waals surface area contributed by atoms with E-state index in [-0.39, 0.29) is 5.91 Å². The van der Waals surface area contributed by atoms with Gasteiger partial charge in [0.15, 0.2) is 0 Å². The highest BCUT2D eigenvalue weighted by Crippen LogP contribution is 2.54. The summed E-state index contributed by atoms with van der Waals surface area (Å²) in [6.45, 7) is 2.03. The number of anilines is 1. The normalized spacial score (nSPS) is 25.1. The number of benzene rings is 3. The fraction of sp³-hybridized carbons (Fsp3) is 0.200. The highest BCUT2D eigenvalue weighted by molar-refractivity contribution is 6.11. The average molecular weight is 382 g/mol. The van der Waals surface area contributed by atoms with Crippen LogP contribution in [-0.2, 0) is 21.6 Å². The molecule has 0 N–H and O–H groups in total. The average Bonchev–Trinajstić information content (AvgIpc) is 3.18. The number of carbonyl (C=O) groups excluding carboxylic acids is 1. The fourth-order valence-electron chi connectivity index (χ4n) is 4.59.